The molecule has 0 aliphatic carbocycles. The van der Waals surface area contributed by atoms with E-state index in [9.17, 15) is 9.59 Å². The molecule has 0 atom stereocenters. The molecule has 23 heavy (non-hydrogen) atoms. The molecule has 2 amide bonds. The van der Waals surface area contributed by atoms with Gasteiger partial charge in [0, 0.05) is 5.41 Å². The molecule has 0 fully saturated rings. The fraction of sp³-hybridized carbons (Fsp3) is 0.312. The molecule has 6 nitrogen and oxygen atoms in total. The van der Waals surface area contributed by atoms with Crippen LogP contribution in [0.2, 0.25) is 0 Å². The van der Waals surface area contributed by atoms with Crippen molar-refractivity contribution in [3.05, 3.63) is 42.5 Å². The Morgan fingerprint density at radius 3 is 2.52 bits per heavy atom. The van der Waals surface area contributed by atoms with Crippen LogP contribution in [0.25, 0.3) is 0 Å². The minimum Gasteiger partial charge on any atom is -0.489 e. The van der Waals surface area contributed by atoms with Crippen LogP contribution >= 0.6 is 12.2 Å². The van der Waals surface area contributed by atoms with Crippen LogP contribution in [0, 0.1) is 5.41 Å². The summed E-state index contributed by atoms with van der Waals surface area (Å²) in [7, 11) is 0. The predicted molar refractivity (Wildman–Crippen MR) is 92.9 cm³/mol. The fourth-order valence-corrected chi connectivity index (χ4v) is 1.58. The lowest BCUT2D eigenvalue weighted by Gasteiger charge is -2.19. The van der Waals surface area contributed by atoms with Gasteiger partial charge in [0.15, 0.2) is 5.11 Å². The van der Waals surface area contributed by atoms with Crippen molar-refractivity contribution >= 4 is 29.1 Å². The predicted octanol–water partition coefficient (Wildman–Crippen LogP) is 1.93. The molecule has 0 bridgehead atoms. The molecular weight excluding hydrogens is 314 g/mol. The van der Waals surface area contributed by atoms with E-state index in [0.717, 1.165) is 0 Å². The normalized spacial score (nSPS) is 10.4. The Morgan fingerprint density at radius 1 is 1.26 bits per heavy atom. The Bertz CT molecular complexity index is 609. The third-order valence-electron chi connectivity index (χ3n) is 2.69. The Hall–Kier alpha value is -2.41. The van der Waals surface area contributed by atoms with Crippen LogP contribution in [-0.2, 0) is 4.79 Å². The minimum atomic E-state index is -0.582. The van der Waals surface area contributed by atoms with Gasteiger partial charge in [-0.1, -0.05) is 45.6 Å². The first-order valence-corrected chi connectivity index (χ1v) is 7.41. The Morgan fingerprint density at radius 2 is 1.91 bits per heavy atom. The van der Waals surface area contributed by atoms with E-state index in [2.05, 4.69) is 22.7 Å². The molecule has 1 rings (SSSR count). The number of hydrazine groups is 1. The van der Waals surface area contributed by atoms with Gasteiger partial charge in [-0.25, -0.2) is 0 Å². The quantitative estimate of drug-likeness (QED) is 0.445. The lowest BCUT2D eigenvalue weighted by Crippen LogP contribution is -2.50. The SMILES string of the molecule is C=CCOc1ccccc1C(=O)NNC(=S)NC(=O)C(C)(C)C. The van der Waals surface area contributed by atoms with Crippen molar-refractivity contribution in [2.45, 2.75) is 20.8 Å². The average molecular weight is 335 g/mol. The lowest BCUT2D eigenvalue weighted by atomic mass is 9.96. The van der Waals surface area contributed by atoms with Crippen molar-refractivity contribution in [3.8, 4) is 5.75 Å². The minimum absolute atomic E-state index is 0.0165. The third kappa shape index (κ3) is 6.07. The van der Waals surface area contributed by atoms with Gasteiger partial charge in [-0.15, -0.1) is 0 Å². The largest absolute Gasteiger partial charge is 0.489 e. The monoisotopic (exact) mass is 335 g/mol. The van der Waals surface area contributed by atoms with Crippen LogP contribution in [0.4, 0.5) is 0 Å². The van der Waals surface area contributed by atoms with Crippen LogP contribution in [-0.4, -0.2) is 23.5 Å². The highest BCUT2D eigenvalue weighted by atomic mass is 32.1. The molecule has 0 radical (unpaired) electrons. The Kier molecular flexibility index (Phi) is 6.71. The smallest absolute Gasteiger partial charge is 0.273 e. The topological polar surface area (TPSA) is 79.5 Å². The first-order chi connectivity index (χ1) is 10.8. The number of amides is 2. The van der Waals surface area contributed by atoms with Gasteiger partial charge in [0.2, 0.25) is 5.91 Å². The number of hydrogen-bond donors (Lipinski definition) is 3. The van der Waals surface area contributed by atoms with Crippen molar-refractivity contribution in [1.82, 2.24) is 16.2 Å². The van der Waals surface area contributed by atoms with E-state index >= 15 is 0 Å². The summed E-state index contributed by atoms with van der Waals surface area (Å²) < 4.78 is 5.41. The number of ether oxygens (including phenoxy) is 1. The standard InChI is InChI=1S/C16H21N3O3S/c1-5-10-22-12-9-7-6-8-11(12)13(20)18-19-15(23)17-14(21)16(2,3)4/h5-9H,1,10H2,2-4H3,(H,18,20)(H2,17,19,21,23). The van der Waals surface area contributed by atoms with Crippen LogP contribution in [0.3, 0.4) is 0 Å². The van der Waals surface area contributed by atoms with Crippen molar-refractivity contribution in [3.63, 3.8) is 0 Å². The molecule has 3 N–H and O–H groups in total. The molecule has 0 spiro atoms. The molecule has 1 aromatic carbocycles. The van der Waals surface area contributed by atoms with Gasteiger partial charge in [-0.3, -0.25) is 20.4 Å². The number of carbonyl (C=O) groups is 2. The maximum atomic E-state index is 12.2. The zero-order valence-electron chi connectivity index (χ0n) is 13.4. The van der Waals surface area contributed by atoms with Crippen molar-refractivity contribution in [2.75, 3.05) is 6.61 Å². The zero-order chi connectivity index (χ0) is 17.5. The first kappa shape index (κ1) is 18.6. The van der Waals surface area contributed by atoms with E-state index in [4.69, 9.17) is 17.0 Å². The number of benzene rings is 1. The molecule has 0 aliphatic rings. The highest BCUT2D eigenvalue weighted by Crippen LogP contribution is 2.17. The van der Waals surface area contributed by atoms with Crippen LogP contribution in [0.5, 0.6) is 5.75 Å². The van der Waals surface area contributed by atoms with Crippen LogP contribution < -0.4 is 20.9 Å². The van der Waals surface area contributed by atoms with Crippen LogP contribution in [0.1, 0.15) is 31.1 Å². The van der Waals surface area contributed by atoms with Gasteiger partial charge in [0.05, 0.1) is 5.56 Å². The summed E-state index contributed by atoms with van der Waals surface area (Å²) in [5.41, 5.74) is 4.67. The second-order valence-electron chi connectivity index (χ2n) is 5.71. The number of thiocarbonyl (C=S) groups is 1. The van der Waals surface area contributed by atoms with Crippen LogP contribution in [0.15, 0.2) is 36.9 Å². The molecule has 0 aromatic heterocycles. The number of rotatable bonds is 4. The molecule has 7 heteroatoms. The second kappa shape index (κ2) is 8.28. The number of para-hydroxylation sites is 1. The molecule has 0 aliphatic heterocycles. The van der Waals surface area contributed by atoms with E-state index in [0.29, 0.717) is 11.3 Å². The second-order valence-corrected chi connectivity index (χ2v) is 6.12. The number of carbonyl (C=O) groups excluding carboxylic acids is 2. The summed E-state index contributed by atoms with van der Waals surface area (Å²) in [5.74, 6) is -0.257. The zero-order valence-corrected chi connectivity index (χ0v) is 14.3. The Labute approximate surface area is 141 Å². The van der Waals surface area contributed by atoms with Gasteiger partial charge >= 0.3 is 0 Å². The molecular formula is C16H21N3O3S. The molecule has 0 heterocycles. The molecule has 0 saturated heterocycles. The molecule has 1 aromatic rings. The maximum absolute atomic E-state index is 12.2. The van der Waals surface area contributed by atoms with E-state index in [1.807, 2.05) is 0 Å². The van der Waals surface area contributed by atoms with E-state index in [1.165, 1.54) is 0 Å². The van der Waals surface area contributed by atoms with E-state index in [-0.39, 0.29) is 17.6 Å². The summed E-state index contributed by atoms with van der Waals surface area (Å²) in [6, 6.07) is 6.77. The maximum Gasteiger partial charge on any atom is 0.273 e. The summed E-state index contributed by atoms with van der Waals surface area (Å²) in [6.45, 7) is 9.13. The van der Waals surface area contributed by atoms with Gasteiger partial charge in [-0.2, -0.15) is 0 Å². The summed E-state index contributed by atoms with van der Waals surface area (Å²) in [4.78, 5) is 23.9. The highest BCUT2D eigenvalue weighted by molar-refractivity contribution is 7.80. The summed E-state index contributed by atoms with van der Waals surface area (Å²) >= 11 is 4.97. The third-order valence-corrected chi connectivity index (χ3v) is 2.89. The van der Waals surface area contributed by atoms with Gasteiger partial charge in [0.1, 0.15) is 12.4 Å². The Balaban J connectivity index is 2.62. The summed E-state index contributed by atoms with van der Waals surface area (Å²) in [5, 5.41) is 2.51. The molecule has 0 unspecified atom stereocenters. The van der Waals surface area contributed by atoms with Crippen molar-refractivity contribution < 1.29 is 14.3 Å². The first-order valence-electron chi connectivity index (χ1n) is 7.00. The van der Waals surface area contributed by atoms with Crippen molar-refractivity contribution in [1.29, 1.82) is 0 Å². The number of nitrogens with one attached hydrogen (secondary N) is 3. The highest BCUT2D eigenvalue weighted by Gasteiger charge is 2.22. The summed E-state index contributed by atoms with van der Waals surface area (Å²) in [6.07, 6.45) is 1.59. The van der Waals surface area contributed by atoms with E-state index in [1.54, 1.807) is 51.1 Å². The fourth-order valence-electron chi connectivity index (χ4n) is 1.43. The molecule has 0 saturated carbocycles. The van der Waals surface area contributed by atoms with Crippen molar-refractivity contribution in [2.24, 2.45) is 5.41 Å². The van der Waals surface area contributed by atoms with Gasteiger partial charge < -0.3 is 10.1 Å². The lowest BCUT2D eigenvalue weighted by molar-refractivity contribution is -0.126. The van der Waals surface area contributed by atoms with Gasteiger partial charge in [-0.05, 0) is 24.4 Å². The molecule has 124 valence electrons. The average Bonchev–Trinajstić information content (AvgIpc) is 2.50. The number of hydrogen-bond acceptors (Lipinski definition) is 4. The van der Waals surface area contributed by atoms with Gasteiger partial charge in [0.25, 0.3) is 5.91 Å². The van der Waals surface area contributed by atoms with E-state index < -0.39 is 11.3 Å².